The van der Waals surface area contributed by atoms with Gasteiger partial charge in [0.15, 0.2) is 22.9 Å². The summed E-state index contributed by atoms with van der Waals surface area (Å²) in [6, 6.07) is 23.4. The van der Waals surface area contributed by atoms with E-state index < -0.39 is 22.5 Å². The first-order valence-electron chi connectivity index (χ1n) is 18.3. The van der Waals surface area contributed by atoms with Crippen molar-refractivity contribution in [1.29, 1.82) is 0 Å². The van der Waals surface area contributed by atoms with Crippen LogP contribution in [0.4, 0.5) is 0 Å². The van der Waals surface area contributed by atoms with Crippen molar-refractivity contribution in [3.8, 4) is 11.6 Å². The van der Waals surface area contributed by atoms with Crippen LogP contribution in [0, 0.1) is 16.7 Å². The Morgan fingerprint density at radius 2 is 1.63 bits per heavy atom. The van der Waals surface area contributed by atoms with Gasteiger partial charge in [-0.15, -0.1) is 0 Å². The second-order valence-corrected chi connectivity index (χ2v) is 15.1. The molecule has 0 saturated heterocycles. The SMILES string of the molecule is C=C1c2c(OCc3ccccc3)noc2C(NCCC)C2CC34CCC3(C(=O)c3c(OCc5ccccc5)ccc(C(C)C)c3C4)C(=O)C12OC. The Bertz CT molecular complexity index is 2000. The highest BCUT2D eigenvalue weighted by atomic mass is 16.5. The Hall–Kier alpha value is -4.53. The summed E-state index contributed by atoms with van der Waals surface area (Å²) in [6.07, 6.45) is 3.32. The Kier molecular flexibility index (Phi) is 8.30. The number of carbonyl (C=O) groups excluding carboxylic acids is 2. The molecule has 5 unspecified atom stereocenters. The molecule has 2 fully saturated rings. The summed E-state index contributed by atoms with van der Waals surface area (Å²) < 4.78 is 25.3. The molecule has 264 valence electrons. The highest BCUT2D eigenvalue weighted by Gasteiger charge is 2.79. The van der Waals surface area contributed by atoms with E-state index in [2.05, 4.69) is 43.9 Å². The molecule has 4 aliphatic rings. The van der Waals surface area contributed by atoms with Crippen LogP contribution in [0.5, 0.6) is 11.6 Å². The van der Waals surface area contributed by atoms with Crippen LogP contribution in [-0.2, 0) is 29.2 Å². The maximum atomic E-state index is 15.7. The number of nitrogens with one attached hydrogen (secondary N) is 1. The smallest absolute Gasteiger partial charge is 0.262 e. The van der Waals surface area contributed by atoms with E-state index in [1.807, 2.05) is 66.7 Å². The summed E-state index contributed by atoms with van der Waals surface area (Å²) in [4.78, 5) is 31.1. The van der Waals surface area contributed by atoms with Crippen molar-refractivity contribution in [2.24, 2.45) is 16.7 Å². The zero-order valence-corrected chi connectivity index (χ0v) is 29.9. The molecular formula is C43H46N2O6. The van der Waals surface area contributed by atoms with Gasteiger partial charge in [-0.25, -0.2) is 0 Å². The summed E-state index contributed by atoms with van der Waals surface area (Å²) in [7, 11) is 1.57. The molecule has 5 atom stereocenters. The number of methoxy groups -OCH3 is 1. The molecule has 1 N–H and O–H groups in total. The second kappa shape index (κ2) is 12.6. The minimum Gasteiger partial charge on any atom is -0.488 e. The van der Waals surface area contributed by atoms with Crippen molar-refractivity contribution >= 4 is 17.1 Å². The van der Waals surface area contributed by atoms with Crippen molar-refractivity contribution in [3.63, 3.8) is 0 Å². The number of aromatic nitrogens is 1. The van der Waals surface area contributed by atoms with Crippen molar-refractivity contribution in [3.05, 3.63) is 119 Å². The van der Waals surface area contributed by atoms with Gasteiger partial charge in [0.05, 0.1) is 17.2 Å². The summed E-state index contributed by atoms with van der Waals surface area (Å²) in [5.74, 6) is 0.854. The van der Waals surface area contributed by atoms with Crippen LogP contribution in [0.2, 0.25) is 0 Å². The van der Waals surface area contributed by atoms with E-state index in [1.165, 1.54) is 0 Å². The van der Waals surface area contributed by atoms with E-state index in [1.54, 1.807) is 7.11 Å². The van der Waals surface area contributed by atoms with E-state index in [9.17, 15) is 0 Å². The van der Waals surface area contributed by atoms with E-state index in [-0.39, 0.29) is 35.9 Å². The molecule has 1 heterocycles. The maximum absolute atomic E-state index is 15.7. The van der Waals surface area contributed by atoms with Crippen LogP contribution in [0.15, 0.2) is 83.9 Å². The summed E-state index contributed by atoms with van der Waals surface area (Å²) >= 11 is 0. The fourth-order valence-electron chi connectivity index (χ4n) is 9.79. The lowest BCUT2D eigenvalue weighted by Gasteiger charge is -2.68. The number of ketones is 2. The standard InChI is InChI=1S/C43H46N2O6/c1-6-21-44-36-32-23-41-19-20-42(41,38(46)35-31(22-41)30(26(2)3)17-18-33(35)49-24-28-13-9-7-10-14-28)40(47)43(32,48-5)27(4)34-37(36)51-45-39(34)50-25-29-15-11-8-12-16-29/h7-18,26,32,36,44H,4,6,19-25H2,1-3,5H3. The topological polar surface area (TPSA) is 99.9 Å². The van der Waals surface area contributed by atoms with Gasteiger partial charge in [-0.1, -0.05) is 94.1 Å². The molecule has 1 aromatic heterocycles. The number of ether oxygens (including phenoxy) is 3. The number of fused-ring (bicyclic) bond motifs is 3. The van der Waals surface area contributed by atoms with Gasteiger partial charge in [0.1, 0.15) is 24.4 Å². The molecule has 0 radical (unpaired) electrons. The molecule has 0 bridgehead atoms. The predicted molar refractivity (Wildman–Crippen MR) is 194 cm³/mol. The average molecular weight is 687 g/mol. The highest BCUT2D eigenvalue weighted by molar-refractivity contribution is 6.24. The van der Waals surface area contributed by atoms with Gasteiger partial charge in [0.25, 0.3) is 5.88 Å². The van der Waals surface area contributed by atoms with E-state index in [4.69, 9.17) is 18.7 Å². The van der Waals surface area contributed by atoms with Gasteiger partial charge in [-0.3, -0.25) is 9.59 Å². The van der Waals surface area contributed by atoms with E-state index >= 15 is 9.59 Å². The third-order valence-corrected chi connectivity index (χ3v) is 12.3. The quantitative estimate of drug-likeness (QED) is 0.158. The Labute approximate surface area is 299 Å². The lowest BCUT2D eigenvalue weighted by molar-refractivity contribution is -0.194. The van der Waals surface area contributed by atoms with Crippen molar-refractivity contribution in [1.82, 2.24) is 10.5 Å². The van der Waals surface area contributed by atoms with Crippen molar-refractivity contribution < 1.29 is 28.3 Å². The van der Waals surface area contributed by atoms with Gasteiger partial charge < -0.3 is 24.1 Å². The molecule has 8 rings (SSSR count). The zero-order chi connectivity index (χ0) is 35.5. The highest BCUT2D eigenvalue weighted by Crippen LogP contribution is 2.74. The Morgan fingerprint density at radius 3 is 2.24 bits per heavy atom. The van der Waals surface area contributed by atoms with Crippen LogP contribution in [0.25, 0.3) is 5.57 Å². The molecule has 0 spiro atoms. The number of hydrogen-bond donors (Lipinski definition) is 1. The van der Waals surface area contributed by atoms with E-state index in [0.717, 1.165) is 35.1 Å². The van der Waals surface area contributed by atoms with Gasteiger partial charge in [0, 0.05) is 18.6 Å². The first kappa shape index (κ1) is 33.6. The van der Waals surface area contributed by atoms with Crippen LogP contribution >= 0.6 is 0 Å². The van der Waals surface area contributed by atoms with Crippen LogP contribution in [-0.4, -0.2) is 36.0 Å². The molecule has 8 nitrogen and oxygen atoms in total. The molecule has 2 saturated carbocycles. The van der Waals surface area contributed by atoms with Gasteiger partial charge >= 0.3 is 0 Å². The second-order valence-electron chi connectivity index (χ2n) is 15.1. The fraction of sp³-hybridized carbons (Fsp3) is 0.419. The molecule has 0 aliphatic heterocycles. The number of nitrogens with zero attached hydrogens (tertiary/aromatic N) is 1. The first-order valence-corrected chi connectivity index (χ1v) is 18.3. The number of rotatable bonds is 11. The van der Waals surface area contributed by atoms with Gasteiger partial charge in [0.2, 0.25) is 0 Å². The third-order valence-electron chi connectivity index (χ3n) is 12.3. The fourth-order valence-corrected chi connectivity index (χ4v) is 9.79. The molecule has 4 aliphatic carbocycles. The van der Waals surface area contributed by atoms with Crippen LogP contribution in [0.3, 0.4) is 0 Å². The Morgan fingerprint density at radius 1 is 0.941 bits per heavy atom. The number of Topliss-reactive ketones (excluding diaryl/α,β-unsaturated/α-hetero) is 2. The van der Waals surface area contributed by atoms with Crippen LogP contribution < -0.4 is 14.8 Å². The molecule has 3 aromatic carbocycles. The van der Waals surface area contributed by atoms with Crippen molar-refractivity contribution in [2.45, 2.75) is 83.6 Å². The molecule has 51 heavy (non-hydrogen) atoms. The predicted octanol–water partition coefficient (Wildman–Crippen LogP) is 8.20. The summed E-state index contributed by atoms with van der Waals surface area (Å²) in [5, 5.41) is 8.10. The molecule has 4 aromatic rings. The molecule has 0 amide bonds. The Balaban J connectivity index is 1.24. The number of benzene rings is 3. The molecule has 8 heteroatoms. The number of hydrogen-bond acceptors (Lipinski definition) is 8. The lowest BCUT2D eigenvalue weighted by Crippen LogP contribution is -2.76. The van der Waals surface area contributed by atoms with Gasteiger partial charge in [-0.05, 0) is 83.5 Å². The van der Waals surface area contributed by atoms with Gasteiger partial charge in [-0.2, -0.15) is 0 Å². The normalized spacial score (nSPS) is 27.5. The monoisotopic (exact) mass is 686 g/mol. The average Bonchev–Trinajstić information content (AvgIpc) is 3.56. The summed E-state index contributed by atoms with van der Waals surface area (Å²) in [5.41, 5.74) is 2.32. The van der Waals surface area contributed by atoms with Crippen LogP contribution in [0.1, 0.15) is 102 Å². The van der Waals surface area contributed by atoms with E-state index in [0.29, 0.717) is 60.6 Å². The molecular weight excluding hydrogens is 640 g/mol. The minimum atomic E-state index is -1.49. The largest absolute Gasteiger partial charge is 0.488 e. The minimum absolute atomic E-state index is 0.150. The maximum Gasteiger partial charge on any atom is 0.262 e. The van der Waals surface area contributed by atoms with Crippen molar-refractivity contribution in [2.75, 3.05) is 13.7 Å². The number of carbonyl (C=O) groups is 2. The zero-order valence-electron chi connectivity index (χ0n) is 29.9. The summed E-state index contributed by atoms with van der Waals surface area (Å²) in [6.45, 7) is 12.3. The first-order chi connectivity index (χ1) is 24.7. The third kappa shape index (κ3) is 4.75. The lowest BCUT2D eigenvalue weighted by atomic mass is 9.33.